The van der Waals surface area contributed by atoms with Gasteiger partial charge in [-0.3, -0.25) is 0 Å². The van der Waals surface area contributed by atoms with Gasteiger partial charge in [0.05, 0.1) is 0 Å². The molecule has 82 valence electrons. The fourth-order valence-electron chi connectivity index (χ4n) is 2.95. The van der Waals surface area contributed by atoms with Crippen molar-refractivity contribution < 1.29 is 0 Å². The first-order valence-corrected chi connectivity index (χ1v) is 6.17. The molecular weight excluding hydrogens is 182 g/mol. The molecule has 1 nitrogen and oxygen atoms in total. The molecule has 1 aliphatic carbocycles. The molecule has 0 heterocycles. The third-order valence-electron chi connectivity index (χ3n) is 3.83. The molecule has 0 amide bonds. The van der Waals surface area contributed by atoms with Crippen LogP contribution in [0, 0.1) is 5.92 Å². The topological polar surface area (TPSA) is 26.0 Å². The molecule has 2 atom stereocenters. The summed E-state index contributed by atoms with van der Waals surface area (Å²) in [6, 6.07) is 8.40. The summed E-state index contributed by atoms with van der Waals surface area (Å²) in [6.07, 6.45) is 6.78. The standard InChI is InChI=1S/C14H21N/c1-2-11-7-3-4-8-12(11)13-9-5-6-10-14(13)15/h5-6,9-12H,2-4,7-8,15H2,1H3/t11-,12-/m1/s1. The summed E-state index contributed by atoms with van der Waals surface area (Å²) in [5, 5.41) is 0. The van der Waals surface area contributed by atoms with Gasteiger partial charge in [0.15, 0.2) is 0 Å². The van der Waals surface area contributed by atoms with Crippen LogP contribution < -0.4 is 5.73 Å². The Hall–Kier alpha value is -0.980. The van der Waals surface area contributed by atoms with E-state index in [1.54, 1.807) is 0 Å². The molecule has 1 aromatic rings. The average molecular weight is 203 g/mol. The lowest BCUT2D eigenvalue weighted by molar-refractivity contribution is 0.300. The first-order chi connectivity index (χ1) is 7.33. The molecular formula is C14H21N. The zero-order valence-electron chi connectivity index (χ0n) is 9.58. The van der Waals surface area contributed by atoms with Gasteiger partial charge in [-0.2, -0.15) is 0 Å². The Morgan fingerprint density at radius 2 is 1.93 bits per heavy atom. The van der Waals surface area contributed by atoms with Crippen LogP contribution in [0.5, 0.6) is 0 Å². The van der Waals surface area contributed by atoms with E-state index in [9.17, 15) is 0 Å². The van der Waals surface area contributed by atoms with Gasteiger partial charge in [-0.25, -0.2) is 0 Å². The van der Waals surface area contributed by atoms with Crippen LogP contribution in [0.3, 0.4) is 0 Å². The van der Waals surface area contributed by atoms with Crippen LogP contribution >= 0.6 is 0 Å². The van der Waals surface area contributed by atoms with Crippen molar-refractivity contribution >= 4 is 5.69 Å². The monoisotopic (exact) mass is 203 g/mol. The van der Waals surface area contributed by atoms with Crippen LogP contribution in [0.15, 0.2) is 24.3 Å². The minimum Gasteiger partial charge on any atom is -0.398 e. The molecule has 15 heavy (non-hydrogen) atoms. The maximum Gasteiger partial charge on any atom is 0.0349 e. The van der Waals surface area contributed by atoms with Gasteiger partial charge in [-0.1, -0.05) is 44.4 Å². The fourth-order valence-corrected chi connectivity index (χ4v) is 2.95. The lowest BCUT2D eigenvalue weighted by Crippen LogP contribution is -2.18. The van der Waals surface area contributed by atoms with Crippen LogP contribution in [-0.4, -0.2) is 0 Å². The molecule has 0 unspecified atom stereocenters. The van der Waals surface area contributed by atoms with Crippen molar-refractivity contribution in [1.82, 2.24) is 0 Å². The second-order valence-corrected chi connectivity index (χ2v) is 4.69. The summed E-state index contributed by atoms with van der Waals surface area (Å²) in [6.45, 7) is 2.31. The minimum absolute atomic E-state index is 0.713. The molecule has 2 rings (SSSR count). The lowest BCUT2D eigenvalue weighted by atomic mass is 9.74. The number of anilines is 1. The Balaban J connectivity index is 2.24. The minimum atomic E-state index is 0.713. The molecule has 1 heteroatoms. The summed E-state index contributed by atoms with van der Waals surface area (Å²) in [5.74, 6) is 1.56. The number of para-hydroxylation sites is 1. The zero-order chi connectivity index (χ0) is 10.7. The highest BCUT2D eigenvalue weighted by atomic mass is 14.6. The van der Waals surface area contributed by atoms with E-state index in [1.807, 2.05) is 12.1 Å². The van der Waals surface area contributed by atoms with Gasteiger partial charge in [-0.15, -0.1) is 0 Å². The number of benzene rings is 1. The second kappa shape index (κ2) is 4.69. The fraction of sp³-hybridized carbons (Fsp3) is 0.571. The van der Waals surface area contributed by atoms with Crippen molar-refractivity contribution in [2.45, 2.75) is 44.9 Å². The molecule has 1 aliphatic rings. The Morgan fingerprint density at radius 3 is 2.67 bits per heavy atom. The third kappa shape index (κ3) is 2.17. The highest BCUT2D eigenvalue weighted by Gasteiger charge is 2.25. The Morgan fingerprint density at radius 1 is 1.20 bits per heavy atom. The number of nitrogen functional groups attached to an aromatic ring is 1. The van der Waals surface area contributed by atoms with Crippen LogP contribution in [0.25, 0.3) is 0 Å². The largest absolute Gasteiger partial charge is 0.398 e. The maximum absolute atomic E-state index is 6.07. The van der Waals surface area contributed by atoms with Crippen LogP contribution in [-0.2, 0) is 0 Å². The molecule has 0 aliphatic heterocycles. The van der Waals surface area contributed by atoms with Gasteiger partial charge in [0.2, 0.25) is 0 Å². The van der Waals surface area contributed by atoms with Gasteiger partial charge < -0.3 is 5.73 Å². The van der Waals surface area contributed by atoms with Gasteiger partial charge in [0.25, 0.3) is 0 Å². The van der Waals surface area contributed by atoms with Crippen molar-refractivity contribution in [3.63, 3.8) is 0 Å². The summed E-state index contributed by atoms with van der Waals surface area (Å²) < 4.78 is 0. The third-order valence-corrected chi connectivity index (χ3v) is 3.83. The number of nitrogens with two attached hydrogens (primary N) is 1. The van der Waals surface area contributed by atoms with E-state index < -0.39 is 0 Å². The SMILES string of the molecule is CC[C@@H]1CCCC[C@H]1c1ccccc1N. The van der Waals surface area contributed by atoms with Crippen molar-refractivity contribution in [3.8, 4) is 0 Å². The molecule has 0 aromatic heterocycles. The van der Waals surface area contributed by atoms with Crippen LogP contribution in [0.1, 0.15) is 50.5 Å². The van der Waals surface area contributed by atoms with E-state index in [0.29, 0.717) is 5.92 Å². The molecule has 1 saturated carbocycles. The summed E-state index contributed by atoms with van der Waals surface area (Å²) in [7, 11) is 0. The Kier molecular flexibility index (Phi) is 3.30. The first-order valence-electron chi connectivity index (χ1n) is 6.17. The van der Waals surface area contributed by atoms with Crippen LogP contribution in [0.4, 0.5) is 5.69 Å². The first kappa shape index (κ1) is 10.5. The highest BCUT2D eigenvalue weighted by molar-refractivity contribution is 5.48. The number of rotatable bonds is 2. The summed E-state index contributed by atoms with van der Waals surface area (Å²) in [4.78, 5) is 0. The highest BCUT2D eigenvalue weighted by Crippen LogP contribution is 2.41. The van der Waals surface area contributed by atoms with Gasteiger partial charge in [0.1, 0.15) is 0 Å². The molecule has 1 aromatic carbocycles. The predicted molar refractivity (Wildman–Crippen MR) is 65.8 cm³/mol. The van der Waals surface area contributed by atoms with Gasteiger partial charge >= 0.3 is 0 Å². The quantitative estimate of drug-likeness (QED) is 0.723. The Labute approximate surface area is 92.7 Å². The molecule has 1 fully saturated rings. The maximum atomic E-state index is 6.07. The van der Waals surface area contributed by atoms with Crippen molar-refractivity contribution in [2.75, 3.05) is 5.73 Å². The predicted octanol–water partition coefficient (Wildman–Crippen LogP) is 3.95. The Bertz CT molecular complexity index is 319. The van der Waals surface area contributed by atoms with Crippen LogP contribution in [0.2, 0.25) is 0 Å². The molecule has 0 bridgehead atoms. The zero-order valence-corrected chi connectivity index (χ0v) is 9.58. The van der Waals surface area contributed by atoms with Crippen molar-refractivity contribution in [1.29, 1.82) is 0 Å². The van der Waals surface area contributed by atoms with Crippen molar-refractivity contribution in [2.24, 2.45) is 5.92 Å². The summed E-state index contributed by atoms with van der Waals surface area (Å²) in [5.41, 5.74) is 8.45. The molecule has 0 saturated heterocycles. The molecule has 0 radical (unpaired) electrons. The van der Waals surface area contributed by atoms with E-state index in [2.05, 4.69) is 19.1 Å². The van der Waals surface area contributed by atoms with Crippen molar-refractivity contribution in [3.05, 3.63) is 29.8 Å². The smallest absolute Gasteiger partial charge is 0.0349 e. The van der Waals surface area contributed by atoms with E-state index in [4.69, 9.17) is 5.73 Å². The van der Waals surface area contributed by atoms with E-state index in [0.717, 1.165) is 11.6 Å². The van der Waals surface area contributed by atoms with Gasteiger partial charge in [0, 0.05) is 5.69 Å². The normalized spacial score (nSPS) is 26.5. The van der Waals surface area contributed by atoms with E-state index in [-0.39, 0.29) is 0 Å². The van der Waals surface area contributed by atoms with E-state index in [1.165, 1.54) is 37.7 Å². The second-order valence-electron chi connectivity index (χ2n) is 4.69. The lowest BCUT2D eigenvalue weighted by Gasteiger charge is -2.31. The summed E-state index contributed by atoms with van der Waals surface area (Å²) >= 11 is 0. The number of hydrogen-bond donors (Lipinski definition) is 1. The number of hydrogen-bond acceptors (Lipinski definition) is 1. The molecule has 0 spiro atoms. The van der Waals surface area contributed by atoms with E-state index >= 15 is 0 Å². The molecule has 2 N–H and O–H groups in total. The van der Waals surface area contributed by atoms with Gasteiger partial charge in [-0.05, 0) is 36.3 Å². The average Bonchev–Trinajstić information content (AvgIpc) is 2.30.